The Morgan fingerprint density at radius 3 is 2.52 bits per heavy atom. The monoisotopic (exact) mass is 644 g/mol. The van der Waals surface area contributed by atoms with Crippen LogP contribution in [0.4, 0.5) is 19.0 Å². The maximum absolute atomic E-state index is 14.9. The molecule has 0 saturated carbocycles. The van der Waals surface area contributed by atoms with Gasteiger partial charge in [0, 0.05) is 64.9 Å². The SMILES string of the molecule is C=CC(=O)N1[C@H](C)CN(c2nc(=O)n3c4c(c(C5=CCSCC5)c(C(F)(F)F)cc24)SC[C@@H](Oc2ncccn2)C3)C[C@@H]1C. The first-order valence-corrected chi connectivity index (χ1v) is 16.4. The number of carbonyl (C=O) groups excluding carboxylic acids is 1. The molecule has 0 radical (unpaired) electrons. The third kappa shape index (κ3) is 5.69. The van der Waals surface area contributed by atoms with E-state index in [1.54, 1.807) is 22.7 Å². The number of hydrogen-bond donors (Lipinski definition) is 0. The number of aromatic nitrogens is 4. The number of alkyl halides is 3. The average molecular weight is 645 g/mol. The molecule has 1 fully saturated rings. The number of amides is 1. The summed E-state index contributed by atoms with van der Waals surface area (Å²) in [5.41, 5.74) is -0.159. The Kier molecular flexibility index (Phi) is 8.40. The van der Waals surface area contributed by atoms with Crippen LogP contribution in [0.3, 0.4) is 0 Å². The third-order valence-corrected chi connectivity index (χ3v) is 10.2. The molecule has 1 aromatic carbocycles. The molecule has 1 amide bonds. The lowest BCUT2D eigenvalue weighted by Crippen LogP contribution is -2.58. The fourth-order valence-corrected chi connectivity index (χ4v) is 8.39. The van der Waals surface area contributed by atoms with E-state index in [4.69, 9.17) is 4.74 Å². The number of halogens is 3. The van der Waals surface area contributed by atoms with Gasteiger partial charge in [0.05, 0.1) is 17.6 Å². The van der Waals surface area contributed by atoms with Crippen LogP contribution in [0.25, 0.3) is 16.5 Å². The van der Waals surface area contributed by atoms with Gasteiger partial charge in [-0.25, -0.2) is 14.8 Å². The lowest BCUT2D eigenvalue weighted by Gasteiger charge is -2.44. The molecule has 1 saturated heterocycles. The number of anilines is 1. The zero-order valence-electron chi connectivity index (χ0n) is 24.2. The zero-order valence-corrected chi connectivity index (χ0v) is 25.8. The molecule has 6 rings (SSSR count). The number of piperazine rings is 1. The highest BCUT2D eigenvalue weighted by atomic mass is 32.2. The van der Waals surface area contributed by atoms with E-state index in [9.17, 15) is 22.8 Å². The quantitative estimate of drug-likeness (QED) is 0.360. The summed E-state index contributed by atoms with van der Waals surface area (Å²) in [6, 6.07) is 2.35. The van der Waals surface area contributed by atoms with Crippen LogP contribution in [-0.2, 0) is 17.5 Å². The highest BCUT2D eigenvalue weighted by Crippen LogP contribution is 2.48. The predicted octanol–water partition coefficient (Wildman–Crippen LogP) is 4.89. The van der Waals surface area contributed by atoms with Crippen molar-refractivity contribution in [2.45, 2.75) is 56.1 Å². The van der Waals surface area contributed by atoms with Gasteiger partial charge < -0.3 is 14.5 Å². The molecule has 3 aliphatic heterocycles. The molecule has 14 heteroatoms. The molecule has 44 heavy (non-hydrogen) atoms. The number of benzene rings is 1. The minimum absolute atomic E-state index is 0.0645. The minimum Gasteiger partial charge on any atom is -0.457 e. The van der Waals surface area contributed by atoms with Gasteiger partial charge in [-0.1, -0.05) is 12.7 Å². The van der Waals surface area contributed by atoms with Gasteiger partial charge >= 0.3 is 17.9 Å². The lowest BCUT2D eigenvalue weighted by molar-refractivity contribution is -0.137. The van der Waals surface area contributed by atoms with Crippen LogP contribution in [0, 0.1) is 0 Å². The normalized spacial score (nSPS) is 22.4. The Labute approximate surface area is 260 Å². The van der Waals surface area contributed by atoms with E-state index in [0.29, 0.717) is 47.0 Å². The van der Waals surface area contributed by atoms with Gasteiger partial charge in [-0.2, -0.15) is 29.9 Å². The molecule has 232 valence electrons. The minimum atomic E-state index is -4.65. The maximum Gasteiger partial charge on any atom is 0.417 e. The Bertz CT molecular complexity index is 1690. The zero-order chi connectivity index (χ0) is 31.2. The molecule has 9 nitrogen and oxygen atoms in total. The molecule has 0 spiro atoms. The van der Waals surface area contributed by atoms with E-state index in [-0.39, 0.29) is 53.1 Å². The fraction of sp³-hybridized carbons (Fsp3) is 0.433. The Morgan fingerprint density at radius 1 is 1.16 bits per heavy atom. The fourth-order valence-electron chi connectivity index (χ4n) is 6.28. The number of nitrogens with zero attached hydrogens (tertiary/aromatic N) is 6. The lowest BCUT2D eigenvalue weighted by atomic mass is 9.94. The second-order valence-electron chi connectivity index (χ2n) is 11.0. The first kappa shape index (κ1) is 30.5. The Morgan fingerprint density at radius 2 is 1.89 bits per heavy atom. The summed E-state index contributed by atoms with van der Waals surface area (Å²) in [7, 11) is 0. The van der Waals surface area contributed by atoms with E-state index in [0.717, 1.165) is 6.07 Å². The van der Waals surface area contributed by atoms with Crippen molar-refractivity contribution in [3.8, 4) is 6.01 Å². The summed E-state index contributed by atoms with van der Waals surface area (Å²) in [4.78, 5) is 43.0. The van der Waals surface area contributed by atoms with Crippen molar-refractivity contribution in [3.05, 3.63) is 64.9 Å². The molecule has 3 aliphatic rings. The van der Waals surface area contributed by atoms with E-state index in [2.05, 4.69) is 21.5 Å². The number of carbonyl (C=O) groups is 1. The van der Waals surface area contributed by atoms with Crippen LogP contribution in [0.15, 0.2) is 52.9 Å². The highest BCUT2D eigenvalue weighted by Gasteiger charge is 2.40. The van der Waals surface area contributed by atoms with Gasteiger partial charge in [0.25, 0.3) is 0 Å². The number of hydrogen-bond acceptors (Lipinski definition) is 9. The summed E-state index contributed by atoms with van der Waals surface area (Å²) >= 11 is 2.92. The molecule has 5 heterocycles. The summed E-state index contributed by atoms with van der Waals surface area (Å²) < 4.78 is 52.3. The largest absolute Gasteiger partial charge is 0.457 e. The molecule has 0 unspecified atom stereocenters. The van der Waals surface area contributed by atoms with Crippen molar-refractivity contribution in [1.29, 1.82) is 0 Å². The van der Waals surface area contributed by atoms with Crippen molar-refractivity contribution in [3.63, 3.8) is 0 Å². The molecule has 0 aliphatic carbocycles. The first-order valence-electron chi connectivity index (χ1n) is 14.3. The average Bonchev–Trinajstić information content (AvgIpc) is 3.19. The predicted molar refractivity (Wildman–Crippen MR) is 166 cm³/mol. The maximum atomic E-state index is 14.9. The Hall–Kier alpha value is -3.52. The van der Waals surface area contributed by atoms with E-state index in [1.165, 1.54) is 34.8 Å². The Balaban J connectivity index is 1.56. The number of ether oxygens (including phenoxy) is 1. The second kappa shape index (κ2) is 12.1. The summed E-state index contributed by atoms with van der Waals surface area (Å²) in [6.07, 6.45) is 1.42. The molecule has 3 atom stereocenters. The summed E-state index contributed by atoms with van der Waals surface area (Å²) in [6.45, 7) is 7.97. The second-order valence-corrected chi connectivity index (χ2v) is 13.2. The van der Waals surface area contributed by atoms with E-state index in [1.807, 2.05) is 24.8 Å². The molecule has 3 aromatic rings. The van der Waals surface area contributed by atoms with Gasteiger partial charge in [0.15, 0.2) is 0 Å². The molecule has 0 N–H and O–H groups in total. The van der Waals surface area contributed by atoms with Crippen LogP contribution >= 0.6 is 23.5 Å². The van der Waals surface area contributed by atoms with Gasteiger partial charge in [0.2, 0.25) is 5.91 Å². The van der Waals surface area contributed by atoms with Crippen LogP contribution in [0.5, 0.6) is 6.01 Å². The third-order valence-electron chi connectivity index (χ3n) is 8.05. The van der Waals surface area contributed by atoms with Crippen LogP contribution in [-0.4, -0.2) is 78.9 Å². The van der Waals surface area contributed by atoms with Gasteiger partial charge in [-0.3, -0.25) is 9.36 Å². The highest BCUT2D eigenvalue weighted by molar-refractivity contribution is 7.99. The smallest absolute Gasteiger partial charge is 0.417 e. The van der Waals surface area contributed by atoms with Crippen LogP contribution < -0.4 is 15.3 Å². The van der Waals surface area contributed by atoms with E-state index >= 15 is 0 Å². The van der Waals surface area contributed by atoms with Crippen molar-refractivity contribution in [2.75, 3.05) is 35.2 Å². The van der Waals surface area contributed by atoms with Crippen LogP contribution in [0.1, 0.15) is 31.4 Å². The molecule has 2 aromatic heterocycles. The first-order chi connectivity index (χ1) is 21.1. The van der Waals surface area contributed by atoms with Gasteiger partial charge in [-0.15, -0.1) is 11.8 Å². The standard InChI is InChI=1S/C30H31F3N6O3S2/c1-4-23(40)39-17(2)13-37(14-18(39)3)27-21-12-22(30(31,32)33)24(19-6-10-43-11-7-19)26-25(21)38(29(41)36-27)15-20(16-44-26)42-28-34-8-5-9-35-28/h4-6,8-9,12,17-18,20H,1,7,10-11,13-16H2,2-3H3/t17-,18+,20-/m0/s1. The van der Waals surface area contributed by atoms with Crippen molar-refractivity contribution >= 4 is 51.7 Å². The summed E-state index contributed by atoms with van der Waals surface area (Å²) in [5, 5.41) is 0.244. The molecular formula is C30H31F3N6O3S2. The number of thioether (sulfide) groups is 2. The van der Waals surface area contributed by atoms with Crippen molar-refractivity contribution in [1.82, 2.24) is 24.4 Å². The van der Waals surface area contributed by atoms with Crippen LogP contribution in [0.2, 0.25) is 0 Å². The number of rotatable bonds is 5. The van der Waals surface area contributed by atoms with Gasteiger partial charge in [0.1, 0.15) is 11.9 Å². The molecule has 0 bridgehead atoms. The molecular weight excluding hydrogens is 613 g/mol. The van der Waals surface area contributed by atoms with Crippen molar-refractivity contribution in [2.24, 2.45) is 0 Å². The van der Waals surface area contributed by atoms with Gasteiger partial charge in [-0.05, 0) is 49.8 Å². The number of allylic oxidation sites excluding steroid dienone is 1. The van der Waals surface area contributed by atoms with Crippen molar-refractivity contribution < 1.29 is 22.7 Å². The summed E-state index contributed by atoms with van der Waals surface area (Å²) in [5.74, 6) is 1.56. The van der Waals surface area contributed by atoms with E-state index < -0.39 is 23.5 Å². The topological polar surface area (TPSA) is 93.5 Å².